The molecule has 0 heterocycles. The number of ether oxygens (including phenoxy) is 2. The molecule has 1 aliphatic rings. The molecule has 0 aromatic rings. The molecule has 350 valence electrons. The number of esters is 2. The van der Waals surface area contributed by atoms with Crippen molar-refractivity contribution in [2.45, 2.75) is 197 Å². The Balaban J connectivity index is 2.80. The lowest BCUT2D eigenvalue weighted by molar-refractivity contribution is -0.213. The van der Waals surface area contributed by atoms with Gasteiger partial charge in [-0.2, -0.15) is 12.6 Å². The van der Waals surface area contributed by atoms with E-state index in [-0.39, 0.29) is 12.8 Å². The van der Waals surface area contributed by atoms with Gasteiger partial charge in [0.05, 0.1) is 6.61 Å². The molecule has 0 radical (unpaired) electrons. The van der Waals surface area contributed by atoms with Crippen molar-refractivity contribution < 1.29 is 90.6 Å². The van der Waals surface area contributed by atoms with Crippen molar-refractivity contribution in [2.75, 3.05) is 19.0 Å². The van der Waals surface area contributed by atoms with Gasteiger partial charge in [-0.15, -0.1) is 0 Å². The second-order valence-corrected chi connectivity index (χ2v) is 19.3. The highest BCUT2D eigenvalue weighted by atomic mass is 32.1. The predicted molar refractivity (Wildman–Crippen MR) is 219 cm³/mol. The van der Waals surface area contributed by atoms with E-state index in [1.54, 1.807) is 0 Å². The summed E-state index contributed by atoms with van der Waals surface area (Å²) in [5.41, 5.74) is 0. The molecular formula is C36H71O19P3S. The van der Waals surface area contributed by atoms with E-state index in [4.69, 9.17) is 18.5 Å². The van der Waals surface area contributed by atoms with Crippen molar-refractivity contribution in [3.8, 4) is 0 Å². The molecule has 19 nitrogen and oxygen atoms in total. The Morgan fingerprint density at radius 3 is 1.36 bits per heavy atom. The number of carbonyl (C=O) groups excluding carboxylic acids is 2. The average molecular weight is 933 g/mol. The molecule has 0 bridgehead atoms. The van der Waals surface area contributed by atoms with Crippen LogP contribution >= 0.6 is 36.1 Å². The number of unbranched alkanes of at least 4 members (excludes halogenated alkanes) is 19. The molecule has 1 saturated carbocycles. The molecule has 0 aliphatic heterocycles. The molecule has 0 saturated heterocycles. The second kappa shape index (κ2) is 31.4. The fourth-order valence-corrected chi connectivity index (χ4v) is 8.88. The zero-order chi connectivity index (χ0) is 44.3. The normalized spacial score (nSPS) is 22.8. The summed E-state index contributed by atoms with van der Waals surface area (Å²) in [4.78, 5) is 72.8. The van der Waals surface area contributed by atoms with E-state index < -0.39 is 91.3 Å². The van der Waals surface area contributed by atoms with Gasteiger partial charge in [-0.25, -0.2) is 13.7 Å². The van der Waals surface area contributed by atoms with Crippen LogP contribution in [0.15, 0.2) is 0 Å². The fraction of sp³-hybridized carbons (Fsp3) is 0.944. The number of aliphatic hydroxyl groups is 3. The number of hydrogen-bond acceptors (Lipinski definition) is 15. The van der Waals surface area contributed by atoms with Gasteiger partial charge in [-0.05, 0) is 25.0 Å². The Hall–Kier alpha value is -0.500. The maximum atomic E-state index is 13.0. The zero-order valence-corrected chi connectivity index (χ0v) is 37.9. The quantitative estimate of drug-likeness (QED) is 0.0152. The molecule has 0 amide bonds. The number of phosphoric ester groups is 3. The molecule has 0 spiro atoms. The SMILES string of the molecule is CCCCCCCCCCCCCCCC(=O)O[C@H](COC(=O)CCCCCCCCCCS)COP(=O)(O)OC1C(O)[C@H](O)C(OP(=O)(O)O)[C@H](OP(=O)(O)O)[C@@H]1O. The number of rotatable bonds is 36. The van der Waals surface area contributed by atoms with Crippen LogP contribution in [0.1, 0.15) is 155 Å². The monoisotopic (exact) mass is 932 g/mol. The van der Waals surface area contributed by atoms with E-state index in [0.717, 1.165) is 82.8 Å². The van der Waals surface area contributed by atoms with Crippen LogP contribution < -0.4 is 0 Å². The Morgan fingerprint density at radius 2 is 0.915 bits per heavy atom. The van der Waals surface area contributed by atoms with Crippen molar-refractivity contribution >= 4 is 48.0 Å². The molecule has 1 aliphatic carbocycles. The second-order valence-electron chi connectivity index (χ2n) is 15.0. The molecule has 4 unspecified atom stereocenters. The molecule has 8 atom stereocenters. The standard InChI is InChI=1S/C36H71O19P3S/c1-2-3-4-5-6-7-8-9-10-11-15-18-21-24-30(38)52-28(26-50-29(37)23-20-17-14-12-13-16-19-22-25-59)27-51-58(48,49)55-34-31(39)32(40)35(53-56(42,43)44)36(33(34)41)54-57(45,46)47/h28,31-36,39-41,59H,2-27H2,1H3,(H,48,49)(H2,42,43,44)(H2,45,46,47)/t28-,31?,32+,33-,34?,35?,36-/m1/s1. The highest BCUT2D eigenvalue weighted by Gasteiger charge is 2.56. The number of aliphatic hydroxyl groups excluding tert-OH is 3. The minimum atomic E-state index is -5.59. The van der Waals surface area contributed by atoms with Crippen molar-refractivity contribution in [2.24, 2.45) is 0 Å². The Labute approximate surface area is 354 Å². The van der Waals surface area contributed by atoms with Crippen LogP contribution in [0.25, 0.3) is 0 Å². The van der Waals surface area contributed by atoms with Crippen LogP contribution in [-0.2, 0) is 50.9 Å². The molecule has 8 N–H and O–H groups in total. The van der Waals surface area contributed by atoms with Gasteiger partial charge in [0.1, 0.15) is 43.2 Å². The molecule has 0 aromatic heterocycles. The van der Waals surface area contributed by atoms with Gasteiger partial charge in [-0.1, -0.05) is 122 Å². The van der Waals surface area contributed by atoms with Crippen molar-refractivity contribution in [3.63, 3.8) is 0 Å². The van der Waals surface area contributed by atoms with Gasteiger partial charge in [0.15, 0.2) is 6.10 Å². The Bertz CT molecular complexity index is 1290. The van der Waals surface area contributed by atoms with Gasteiger partial charge in [0, 0.05) is 12.8 Å². The summed E-state index contributed by atoms with van der Waals surface area (Å²) in [5.74, 6) is -0.440. The van der Waals surface area contributed by atoms with Crippen LogP contribution in [0.3, 0.4) is 0 Å². The van der Waals surface area contributed by atoms with E-state index in [2.05, 4.69) is 28.6 Å². The Kier molecular flexibility index (Phi) is 30.0. The third-order valence-electron chi connectivity index (χ3n) is 9.72. The molecule has 0 aromatic carbocycles. The molecule has 59 heavy (non-hydrogen) atoms. The first kappa shape index (κ1) is 56.5. The van der Waals surface area contributed by atoms with Gasteiger partial charge < -0.3 is 49.3 Å². The predicted octanol–water partition coefficient (Wildman–Crippen LogP) is 5.92. The summed E-state index contributed by atoms with van der Waals surface area (Å²) >= 11 is 4.21. The van der Waals surface area contributed by atoms with Crippen molar-refractivity contribution in [3.05, 3.63) is 0 Å². The number of thiol groups is 1. The number of phosphoric acid groups is 3. The summed E-state index contributed by atoms with van der Waals surface area (Å²) in [5, 5.41) is 31.7. The first-order valence-electron chi connectivity index (χ1n) is 20.9. The van der Waals surface area contributed by atoms with Crippen LogP contribution in [0.2, 0.25) is 0 Å². The lowest BCUT2D eigenvalue weighted by Gasteiger charge is -2.44. The van der Waals surface area contributed by atoms with Gasteiger partial charge in [0.25, 0.3) is 0 Å². The molecule has 1 rings (SSSR count). The fourth-order valence-electron chi connectivity index (χ4n) is 6.56. The van der Waals surface area contributed by atoms with E-state index >= 15 is 0 Å². The minimum Gasteiger partial charge on any atom is -0.462 e. The third kappa shape index (κ3) is 28.0. The van der Waals surface area contributed by atoms with E-state index in [9.17, 15) is 63.1 Å². The molecular weight excluding hydrogens is 861 g/mol. The van der Waals surface area contributed by atoms with Gasteiger partial charge in [0.2, 0.25) is 0 Å². The average Bonchev–Trinajstić information content (AvgIpc) is 3.15. The van der Waals surface area contributed by atoms with Crippen molar-refractivity contribution in [1.82, 2.24) is 0 Å². The van der Waals surface area contributed by atoms with Crippen molar-refractivity contribution in [1.29, 1.82) is 0 Å². The van der Waals surface area contributed by atoms with E-state index in [1.807, 2.05) is 0 Å². The van der Waals surface area contributed by atoms with Crippen LogP contribution in [0.5, 0.6) is 0 Å². The maximum absolute atomic E-state index is 13.0. The maximum Gasteiger partial charge on any atom is 0.472 e. The lowest BCUT2D eigenvalue weighted by atomic mass is 9.85. The third-order valence-corrected chi connectivity index (χ3v) is 12.1. The van der Waals surface area contributed by atoms with Crippen LogP contribution in [0, 0.1) is 0 Å². The highest BCUT2D eigenvalue weighted by molar-refractivity contribution is 7.80. The topological polar surface area (TPSA) is 303 Å². The van der Waals surface area contributed by atoms with Crippen LogP contribution in [-0.4, -0.2) is 113 Å². The summed E-state index contributed by atoms with van der Waals surface area (Å²) in [7, 11) is -16.6. The summed E-state index contributed by atoms with van der Waals surface area (Å²) in [6.45, 7) is 0.720. The Morgan fingerprint density at radius 1 is 0.525 bits per heavy atom. The highest BCUT2D eigenvalue weighted by Crippen LogP contribution is 2.51. The first-order chi connectivity index (χ1) is 27.8. The summed E-state index contributed by atoms with van der Waals surface area (Å²) in [6.07, 6.45) is 5.78. The summed E-state index contributed by atoms with van der Waals surface area (Å²) in [6, 6.07) is 0. The zero-order valence-electron chi connectivity index (χ0n) is 34.3. The smallest absolute Gasteiger partial charge is 0.462 e. The summed E-state index contributed by atoms with van der Waals surface area (Å²) < 4.78 is 65.1. The number of hydrogen-bond donors (Lipinski definition) is 9. The van der Waals surface area contributed by atoms with Gasteiger partial charge >= 0.3 is 35.4 Å². The first-order valence-corrected chi connectivity index (χ1v) is 26.1. The minimum absolute atomic E-state index is 0.00128. The molecule has 23 heteroatoms. The lowest BCUT2D eigenvalue weighted by Crippen LogP contribution is -2.65. The van der Waals surface area contributed by atoms with E-state index in [0.29, 0.717) is 12.8 Å². The molecule has 1 fully saturated rings. The van der Waals surface area contributed by atoms with Gasteiger partial charge in [-0.3, -0.25) is 27.7 Å². The number of carbonyl (C=O) groups is 2. The largest absolute Gasteiger partial charge is 0.472 e. The van der Waals surface area contributed by atoms with E-state index in [1.165, 1.54) is 44.9 Å². The van der Waals surface area contributed by atoms with Crippen LogP contribution in [0.4, 0.5) is 0 Å².